The molecule has 0 bridgehead atoms. The molecule has 1 atom stereocenters. The monoisotopic (exact) mass is 387 g/mol. The maximum absolute atomic E-state index is 12.3. The van der Waals surface area contributed by atoms with E-state index in [1.807, 2.05) is 62.4 Å². The normalized spacial score (nSPS) is 12.0. The minimum Gasteiger partial charge on any atom is -0.349 e. The quantitative estimate of drug-likeness (QED) is 0.654. The molecule has 1 heterocycles. The van der Waals surface area contributed by atoms with Gasteiger partial charge in [-0.05, 0) is 47.5 Å². The van der Waals surface area contributed by atoms with Crippen molar-refractivity contribution >= 4 is 29.3 Å². The fourth-order valence-corrected chi connectivity index (χ4v) is 3.53. The highest BCUT2D eigenvalue weighted by molar-refractivity contribution is 7.99. The first-order valence-corrected chi connectivity index (χ1v) is 9.43. The second kappa shape index (κ2) is 8.33. The standard InChI is InChI=1S/C18H18ClN5OS/c1-12-7-3-6-10-16(12)24-18(21-22-23-24)26-11-17(25)20-13(2)14-8-4-5-9-15(14)19/h3-10,13H,11H2,1-2H3,(H,20,25)/t13-/m0/s1. The Kier molecular flexibility index (Phi) is 5.90. The number of hydrogen-bond acceptors (Lipinski definition) is 5. The van der Waals surface area contributed by atoms with Gasteiger partial charge in [-0.1, -0.05) is 59.8 Å². The van der Waals surface area contributed by atoms with Gasteiger partial charge in [0.2, 0.25) is 11.1 Å². The molecule has 1 amide bonds. The van der Waals surface area contributed by atoms with Gasteiger partial charge in [0.15, 0.2) is 0 Å². The van der Waals surface area contributed by atoms with Crippen LogP contribution in [0.2, 0.25) is 5.02 Å². The number of amides is 1. The van der Waals surface area contributed by atoms with Crippen LogP contribution in [0, 0.1) is 6.92 Å². The van der Waals surface area contributed by atoms with Crippen LogP contribution < -0.4 is 5.32 Å². The topological polar surface area (TPSA) is 72.7 Å². The highest BCUT2D eigenvalue weighted by atomic mass is 35.5. The van der Waals surface area contributed by atoms with E-state index < -0.39 is 0 Å². The molecule has 6 nitrogen and oxygen atoms in total. The Bertz CT molecular complexity index is 914. The molecule has 26 heavy (non-hydrogen) atoms. The van der Waals surface area contributed by atoms with Gasteiger partial charge in [0.25, 0.3) is 0 Å². The molecule has 0 saturated carbocycles. The third-order valence-corrected chi connectivity index (χ3v) is 5.13. The summed E-state index contributed by atoms with van der Waals surface area (Å²) in [6.07, 6.45) is 0. The van der Waals surface area contributed by atoms with Gasteiger partial charge in [0.1, 0.15) is 0 Å². The van der Waals surface area contributed by atoms with Gasteiger partial charge in [-0.3, -0.25) is 4.79 Å². The first-order valence-electron chi connectivity index (χ1n) is 8.07. The predicted octanol–water partition coefficient (Wildman–Crippen LogP) is 3.59. The van der Waals surface area contributed by atoms with Gasteiger partial charge >= 0.3 is 0 Å². The van der Waals surface area contributed by atoms with Crippen LogP contribution in [0.3, 0.4) is 0 Å². The van der Waals surface area contributed by atoms with Crippen LogP contribution in [-0.4, -0.2) is 31.9 Å². The summed E-state index contributed by atoms with van der Waals surface area (Å²) in [4.78, 5) is 12.3. The molecular weight excluding hydrogens is 370 g/mol. The summed E-state index contributed by atoms with van der Waals surface area (Å²) in [6, 6.07) is 15.1. The fraction of sp³-hybridized carbons (Fsp3) is 0.222. The van der Waals surface area contributed by atoms with Crippen molar-refractivity contribution in [2.24, 2.45) is 0 Å². The SMILES string of the molecule is Cc1ccccc1-n1nnnc1SCC(=O)N[C@@H](C)c1ccccc1Cl. The Morgan fingerprint density at radius 1 is 1.23 bits per heavy atom. The van der Waals surface area contributed by atoms with Crippen molar-refractivity contribution in [3.63, 3.8) is 0 Å². The number of thioether (sulfide) groups is 1. The molecule has 8 heteroatoms. The molecule has 0 unspecified atom stereocenters. The highest BCUT2D eigenvalue weighted by Crippen LogP contribution is 2.23. The van der Waals surface area contributed by atoms with Gasteiger partial charge in [-0.15, -0.1) is 5.10 Å². The van der Waals surface area contributed by atoms with Crippen LogP contribution in [0.15, 0.2) is 53.7 Å². The number of para-hydroxylation sites is 1. The van der Waals surface area contributed by atoms with E-state index in [0.29, 0.717) is 10.2 Å². The summed E-state index contributed by atoms with van der Waals surface area (Å²) >= 11 is 7.47. The summed E-state index contributed by atoms with van der Waals surface area (Å²) in [5, 5.41) is 15.9. The summed E-state index contributed by atoms with van der Waals surface area (Å²) in [6.45, 7) is 3.89. The second-order valence-corrected chi connectivity index (χ2v) is 7.11. The Balaban J connectivity index is 1.63. The largest absolute Gasteiger partial charge is 0.349 e. The van der Waals surface area contributed by atoms with Crippen molar-refractivity contribution < 1.29 is 4.79 Å². The fourth-order valence-electron chi connectivity index (χ4n) is 2.54. The number of rotatable bonds is 6. The number of benzene rings is 2. The van der Waals surface area contributed by atoms with Crippen LogP contribution in [-0.2, 0) is 4.79 Å². The van der Waals surface area contributed by atoms with Crippen LogP contribution in [0.4, 0.5) is 0 Å². The number of nitrogens with one attached hydrogen (secondary N) is 1. The van der Waals surface area contributed by atoms with Gasteiger partial charge in [0, 0.05) is 5.02 Å². The molecule has 0 aliphatic carbocycles. The lowest BCUT2D eigenvalue weighted by Gasteiger charge is -2.15. The molecule has 1 N–H and O–H groups in total. The Morgan fingerprint density at radius 2 is 1.96 bits per heavy atom. The zero-order chi connectivity index (χ0) is 18.5. The third-order valence-electron chi connectivity index (χ3n) is 3.87. The van der Waals surface area contributed by atoms with Crippen molar-refractivity contribution in [1.29, 1.82) is 0 Å². The number of hydrogen-bond donors (Lipinski definition) is 1. The van der Waals surface area contributed by atoms with Crippen LogP contribution in [0.5, 0.6) is 0 Å². The number of aromatic nitrogens is 4. The van der Waals surface area contributed by atoms with Crippen molar-refractivity contribution in [2.75, 3.05) is 5.75 Å². The van der Waals surface area contributed by atoms with Crippen molar-refractivity contribution in [2.45, 2.75) is 25.0 Å². The first-order chi connectivity index (χ1) is 12.6. The molecule has 0 radical (unpaired) electrons. The summed E-state index contributed by atoms with van der Waals surface area (Å²) in [5.74, 6) is 0.0999. The number of nitrogens with zero attached hydrogens (tertiary/aromatic N) is 4. The maximum atomic E-state index is 12.3. The molecule has 0 spiro atoms. The molecule has 134 valence electrons. The zero-order valence-corrected chi connectivity index (χ0v) is 16.0. The molecular formula is C18H18ClN5OS. The lowest BCUT2D eigenvalue weighted by molar-refractivity contribution is -0.119. The van der Waals surface area contributed by atoms with E-state index in [2.05, 4.69) is 20.8 Å². The van der Waals surface area contributed by atoms with Crippen molar-refractivity contribution in [1.82, 2.24) is 25.5 Å². The van der Waals surface area contributed by atoms with E-state index >= 15 is 0 Å². The third kappa shape index (κ3) is 4.23. The van der Waals surface area contributed by atoms with Crippen LogP contribution in [0.25, 0.3) is 5.69 Å². The molecule has 3 rings (SSSR count). The van der Waals surface area contributed by atoms with E-state index in [4.69, 9.17) is 11.6 Å². The molecule has 0 fully saturated rings. The van der Waals surface area contributed by atoms with E-state index in [1.54, 1.807) is 4.68 Å². The van der Waals surface area contributed by atoms with E-state index in [0.717, 1.165) is 16.8 Å². The molecule has 0 aliphatic rings. The minimum absolute atomic E-state index is 0.109. The average molecular weight is 388 g/mol. The van der Waals surface area contributed by atoms with Crippen LogP contribution in [0.1, 0.15) is 24.1 Å². The van der Waals surface area contributed by atoms with E-state index in [1.165, 1.54) is 11.8 Å². The minimum atomic E-state index is -0.177. The highest BCUT2D eigenvalue weighted by Gasteiger charge is 2.15. The zero-order valence-electron chi connectivity index (χ0n) is 14.4. The van der Waals surface area contributed by atoms with Crippen LogP contribution >= 0.6 is 23.4 Å². The Morgan fingerprint density at radius 3 is 2.73 bits per heavy atom. The van der Waals surface area contributed by atoms with E-state index in [9.17, 15) is 4.79 Å². The molecule has 1 aromatic heterocycles. The average Bonchev–Trinajstić information content (AvgIpc) is 3.09. The number of halogens is 1. The number of carbonyl (C=O) groups is 1. The van der Waals surface area contributed by atoms with Gasteiger partial charge < -0.3 is 5.32 Å². The van der Waals surface area contributed by atoms with Crippen molar-refractivity contribution in [3.8, 4) is 5.69 Å². The number of carbonyl (C=O) groups excluding carboxylic acids is 1. The lowest BCUT2D eigenvalue weighted by atomic mass is 10.1. The maximum Gasteiger partial charge on any atom is 0.230 e. The molecule has 0 aliphatic heterocycles. The summed E-state index contributed by atoms with van der Waals surface area (Å²) < 4.78 is 1.64. The smallest absolute Gasteiger partial charge is 0.230 e. The second-order valence-electron chi connectivity index (χ2n) is 5.76. The van der Waals surface area contributed by atoms with Gasteiger partial charge in [0.05, 0.1) is 17.5 Å². The number of tetrazole rings is 1. The predicted molar refractivity (Wildman–Crippen MR) is 103 cm³/mol. The summed E-state index contributed by atoms with van der Waals surface area (Å²) in [7, 11) is 0. The molecule has 2 aromatic carbocycles. The Hall–Kier alpha value is -2.38. The van der Waals surface area contributed by atoms with Gasteiger partial charge in [-0.2, -0.15) is 4.68 Å². The van der Waals surface area contributed by atoms with Gasteiger partial charge in [-0.25, -0.2) is 0 Å². The lowest BCUT2D eigenvalue weighted by Crippen LogP contribution is -2.28. The van der Waals surface area contributed by atoms with E-state index in [-0.39, 0.29) is 17.7 Å². The molecule has 3 aromatic rings. The van der Waals surface area contributed by atoms with Crippen molar-refractivity contribution in [3.05, 3.63) is 64.7 Å². The summed E-state index contributed by atoms with van der Waals surface area (Å²) in [5.41, 5.74) is 2.83. The molecule has 0 saturated heterocycles. The Labute approximate surface area is 160 Å². The number of aryl methyl sites for hydroxylation is 1. The first kappa shape index (κ1) is 18.4.